The molecule has 2 N–H and O–H groups in total. The third kappa shape index (κ3) is 3.40. The maximum absolute atomic E-state index is 11.8. The highest BCUT2D eigenvalue weighted by atomic mass is 16.5. The highest BCUT2D eigenvalue weighted by Crippen LogP contribution is 2.29. The standard InChI is InChI=1S/C12H22N2O3/c15-11(12(16)3-1-2-4-12)13-5-6-14-7-9-17-10-8-14/h16H,1-10H2,(H,13,15). The summed E-state index contributed by atoms with van der Waals surface area (Å²) in [6.45, 7) is 4.86. The Morgan fingerprint density at radius 1 is 1.29 bits per heavy atom. The van der Waals surface area contributed by atoms with Crippen molar-refractivity contribution in [1.82, 2.24) is 10.2 Å². The number of hydrogen-bond acceptors (Lipinski definition) is 4. The van der Waals surface area contributed by atoms with Gasteiger partial charge in [0.25, 0.3) is 5.91 Å². The molecule has 1 saturated carbocycles. The van der Waals surface area contributed by atoms with E-state index >= 15 is 0 Å². The molecule has 0 atom stereocenters. The minimum atomic E-state index is -1.09. The van der Waals surface area contributed by atoms with E-state index in [0.29, 0.717) is 19.4 Å². The van der Waals surface area contributed by atoms with Gasteiger partial charge in [-0.25, -0.2) is 0 Å². The number of ether oxygens (including phenoxy) is 1. The summed E-state index contributed by atoms with van der Waals surface area (Å²) in [4.78, 5) is 14.1. The smallest absolute Gasteiger partial charge is 0.252 e. The maximum Gasteiger partial charge on any atom is 0.252 e. The van der Waals surface area contributed by atoms with E-state index in [9.17, 15) is 9.90 Å². The zero-order valence-electron chi connectivity index (χ0n) is 10.3. The van der Waals surface area contributed by atoms with Crippen LogP contribution in [0, 0.1) is 0 Å². The van der Waals surface area contributed by atoms with Crippen LogP contribution in [-0.4, -0.2) is 60.9 Å². The molecule has 0 aromatic heterocycles. The van der Waals surface area contributed by atoms with Crippen LogP contribution in [0.1, 0.15) is 25.7 Å². The number of morpholine rings is 1. The molecule has 2 fully saturated rings. The second-order valence-electron chi connectivity index (χ2n) is 4.95. The van der Waals surface area contributed by atoms with Gasteiger partial charge in [0.15, 0.2) is 0 Å². The number of hydrogen-bond donors (Lipinski definition) is 2. The van der Waals surface area contributed by atoms with Crippen molar-refractivity contribution >= 4 is 5.91 Å². The fraction of sp³-hybridized carbons (Fsp3) is 0.917. The van der Waals surface area contributed by atoms with Gasteiger partial charge in [-0.3, -0.25) is 9.69 Å². The van der Waals surface area contributed by atoms with Crippen molar-refractivity contribution in [1.29, 1.82) is 0 Å². The molecule has 0 aromatic rings. The molecule has 0 unspecified atom stereocenters. The van der Waals surface area contributed by atoms with Crippen molar-refractivity contribution in [2.45, 2.75) is 31.3 Å². The third-order valence-corrected chi connectivity index (χ3v) is 3.67. The molecule has 5 heteroatoms. The SMILES string of the molecule is O=C(NCCN1CCOCC1)C1(O)CCCC1. The van der Waals surface area contributed by atoms with E-state index in [-0.39, 0.29) is 5.91 Å². The Bertz CT molecular complexity index is 258. The average Bonchev–Trinajstić information content (AvgIpc) is 2.79. The molecule has 2 aliphatic rings. The topological polar surface area (TPSA) is 61.8 Å². The van der Waals surface area contributed by atoms with Gasteiger partial charge in [-0.15, -0.1) is 0 Å². The number of carbonyl (C=O) groups is 1. The molecule has 98 valence electrons. The molecule has 1 heterocycles. The van der Waals surface area contributed by atoms with Crippen LogP contribution in [0.2, 0.25) is 0 Å². The van der Waals surface area contributed by atoms with Crippen molar-refractivity contribution in [3.63, 3.8) is 0 Å². The molecule has 5 nitrogen and oxygen atoms in total. The lowest BCUT2D eigenvalue weighted by Crippen LogP contribution is -2.48. The normalized spacial score (nSPS) is 24.8. The first kappa shape index (κ1) is 12.8. The lowest BCUT2D eigenvalue weighted by atomic mass is 10.0. The van der Waals surface area contributed by atoms with E-state index in [1.807, 2.05) is 0 Å². The third-order valence-electron chi connectivity index (χ3n) is 3.67. The fourth-order valence-electron chi connectivity index (χ4n) is 2.50. The number of rotatable bonds is 4. The molecule has 1 aliphatic carbocycles. The summed E-state index contributed by atoms with van der Waals surface area (Å²) in [7, 11) is 0. The first-order chi connectivity index (χ1) is 8.21. The Morgan fingerprint density at radius 2 is 1.94 bits per heavy atom. The first-order valence-corrected chi connectivity index (χ1v) is 6.51. The Morgan fingerprint density at radius 3 is 2.59 bits per heavy atom. The number of aliphatic hydroxyl groups is 1. The monoisotopic (exact) mass is 242 g/mol. The quantitative estimate of drug-likeness (QED) is 0.713. The molecular formula is C12H22N2O3. The molecule has 0 aromatic carbocycles. The molecule has 0 bridgehead atoms. The highest BCUT2D eigenvalue weighted by Gasteiger charge is 2.38. The number of nitrogens with one attached hydrogen (secondary N) is 1. The summed E-state index contributed by atoms with van der Waals surface area (Å²) in [5.74, 6) is -0.191. The van der Waals surface area contributed by atoms with Gasteiger partial charge in [0.1, 0.15) is 5.60 Å². The van der Waals surface area contributed by atoms with Crippen LogP contribution < -0.4 is 5.32 Å². The minimum Gasteiger partial charge on any atom is -0.380 e. The zero-order valence-corrected chi connectivity index (χ0v) is 10.3. The second-order valence-corrected chi connectivity index (χ2v) is 4.95. The van der Waals surface area contributed by atoms with Gasteiger partial charge in [0, 0.05) is 26.2 Å². The van der Waals surface area contributed by atoms with Gasteiger partial charge >= 0.3 is 0 Å². The van der Waals surface area contributed by atoms with Gasteiger partial charge < -0.3 is 15.2 Å². The fourth-order valence-corrected chi connectivity index (χ4v) is 2.50. The lowest BCUT2D eigenvalue weighted by molar-refractivity contribution is -0.139. The summed E-state index contributed by atoms with van der Waals surface area (Å²) in [5.41, 5.74) is -1.09. The van der Waals surface area contributed by atoms with Gasteiger partial charge in [0.05, 0.1) is 13.2 Å². The first-order valence-electron chi connectivity index (χ1n) is 6.51. The number of nitrogens with zero attached hydrogens (tertiary/aromatic N) is 1. The summed E-state index contributed by atoms with van der Waals surface area (Å²) in [6, 6.07) is 0. The van der Waals surface area contributed by atoms with Crippen LogP contribution in [-0.2, 0) is 9.53 Å². The van der Waals surface area contributed by atoms with E-state index in [1.165, 1.54) is 0 Å². The van der Waals surface area contributed by atoms with E-state index in [4.69, 9.17) is 4.74 Å². The Hall–Kier alpha value is -0.650. The molecule has 1 aliphatic heterocycles. The van der Waals surface area contributed by atoms with Crippen LogP contribution in [0.3, 0.4) is 0 Å². The van der Waals surface area contributed by atoms with Gasteiger partial charge in [-0.2, -0.15) is 0 Å². The van der Waals surface area contributed by atoms with E-state index < -0.39 is 5.60 Å². The Kier molecular flexibility index (Phi) is 4.36. The zero-order chi connectivity index (χ0) is 12.1. The predicted octanol–water partition coefficient (Wildman–Crippen LogP) is -0.260. The van der Waals surface area contributed by atoms with Crippen molar-refractivity contribution in [3.05, 3.63) is 0 Å². The Balaban J connectivity index is 1.65. The molecule has 1 amide bonds. The Labute approximate surface area is 102 Å². The highest BCUT2D eigenvalue weighted by molar-refractivity contribution is 5.85. The summed E-state index contributed by atoms with van der Waals surface area (Å²) in [6.07, 6.45) is 3.12. The van der Waals surface area contributed by atoms with Crippen molar-refractivity contribution in [3.8, 4) is 0 Å². The molecule has 2 rings (SSSR count). The predicted molar refractivity (Wildman–Crippen MR) is 63.7 cm³/mol. The van der Waals surface area contributed by atoms with Crippen LogP contribution in [0.25, 0.3) is 0 Å². The largest absolute Gasteiger partial charge is 0.380 e. The molecule has 0 radical (unpaired) electrons. The number of carbonyl (C=O) groups excluding carboxylic acids is 1. The van der Waals surface area contributed by atoms with E-state index in [2.05, 4.69) is 10.2 Å². The molecule has 1 saturated heterocycles. The summed E-state index contributed by atoms with van der Waals surface area (Å²) in [5, 5.41) is 12.9. The van der Waals surface area contributed by atoms with Crippen LogP contribution >= 0.6 is 0 Å². The summed E-state index contributed by atoms with van der Waals surface area (Å²) >= 11 is 0. The summed E-state index contributed by atoms with van der Waals surface area (Å²) < 4.78 is 5.26. The minimum absolute atomic E-state index is 0.191. The van der Waals surface area contributed by atoms with E-state index in [1.54, 1.807) is 0 Å². The van der Waals surface area contributed by atoms with Crippen molar-refractivity contribution in [2.75, 3.05) is 39.4 Å². The molecular weight excluding hydrogens is 220 g/mol. The van der Waals surface area contributed by atoms with Gasteiger partial charge in [-0.05, 0) is 25.7 Å². The van der Waals surface area contributed by atoms with E-state index in [0.717, 1.165) is 45.7 Å². The van der Waals surface area contributed by atoms with Gasteiger partial charge in [-0.1, -0.05) is 0 Å². The van der Waals surface area contributed by atoms with Crippen LogP contribution in [0.4, 0.5) is 0 Å². The average molecular weight is 242 g/mol. The van der Waals surface area contributed by atoms with Crippen molar-refractivity contribution < 1.29 is 14.6 Å². The maximum atomic E-state index is 11.8. The lowest BCUT2D eigenvalue weighted by Gasteiger charge is -2.27. The van der Waals surface area contributed by atoms with Crippen LogP contribution in [0.5, 0.6) is 0 Å². The molecule has 17 heavy (non-hydrogen) atoms. The number of amides is 1. The van der Waals surface area contributed by atoms with Crippen molar-refractivity contribution in [2.24, 2.45) is 0 Å². The van der Waals surface area contributed by atoms with Gasteiger partial charge in [0.2, 0.25) is 0 Å². The van der Waals surface area contributed by atoms with Crippen LogP contribution in [0.15, 0.2) is 0 Å². The molecule has 0 spiro atoms. The second kappa shape index (κ2) is 5.80.